The summed E-state index contributed by atoms with van der Waals surface area (Å²) in [6, 6.07) is 25.5. The van der Waals surface area contributed by atoms with Crippen molar-refractivity contribution in [2.45, 2.75) is 19.4 Å². The first-order valence-electron chi connectivity index (χ1n) is 11.8. The summed E-state index contributed by atoms with van der Waals surface area (Å²) in [5, 5.41) is 11.2. The summed E-state index contributed by atoms with van der Waals surface area (Å²) in [6.45, 7) is 7.48. The number of hydrogen-bond donors (Lipinski definition) is 2. The minimum Gasteiger partial charge on any atom is -0.382 e. The van der Waals surface area contributed by atoms with E-state index in [1.807, 2.05) is 69.4 Å². The van der Waals surface area contributed by atoms with Gasteiger partial charge in [-0.25, -0.2) is 0 Å². The van der Waals surface area contributed by atoms with Crippen LogP contribution >= 0.6 is 0 Å². The molecule has 0 radical (unpaired) electrons. The highest BCUT2D eigenvalue weighted by Crippen LogP contribution is 2.29. The molecule has 7 heteroatoms. The normalized spacial score (nSPS) is 13.3. The monoisotopic (exact) mass is 501 g/mol. The zero-order chi connectivity index (χ0) is 27.3. The van der Waals surface area contributed by atoms with E-state index in [1.54, 1.807) is 19.2 Å². The number of likely N-dealkylation sites (tertiary alicyclic amines) is 1. The minimum atomic E-state index is -0.587. The van der Waals surface area contributed by atoms with E-state index in [-0.39, 0.29) is 0 Å². The van der Waals surface area contributed by atoms with Crippen LogP contribution in [0.1, 0.15) is 27.0 Å². The van der Waals surface area contributed by atoms with E-state index in [2.05, 4.69) is 46.6 Å². The van der Waals surface area contributed by atoms with E-state index in [1.165, 1.54) is 10.9 Å². The standard InChI is InChI=1S/C10H13NO.C10H9N.C9H11NO2.CH2O/c1-11-7-10(12,8-11)9-5-3-2-4-6-9;1-8-4-2-5-9-6-3-7-11-10(8)9;1-7-5-8(6-11)3-4-9(7)10-12-2;1-2/h2-6,12H,7-8H2,1H3;2-7H,1H3;3-6,10H,1-2H3;1H2. The first kappa shape index (κ1) is 29.3. The van der Waals surface area contributed by atoms with E-state index in [0.717, 1.165) is 41.7 Å². The van der Waals surface area contributed by atoms with Crippen molar-refractivity contribution in [3.63, 3.8) is 0 Å². The number of aromatic nitrogens is 1. The Labute approximate surface area is 218 Å². The van der Waals surface area contributed by atoms with Gasteiger partial charge in [0.2, 0.25) is 0 Å². The van der Waals surface area contributed by atoms with E-state index < -0.39 is 5.60 Å². The number of para-hydroxylation sites is 1. The molecule has 1 aliphatic heterocycles. The molecular weight excluding hydrogens is 466 g/mol. The molecule has 0 atom stereocenters. The van der Waals surface area contributed by atoms with E-state index in [0.29, 0.717) is 5.56 Å². The molecule has 2 N–H and O–H groups in total. The van der Waals surface area contributed by atoms with Crippen molar-refractivity contribution in [2.75, 3.05) is 32.7 Å². The molecule has 2 heterocycles. The third kappa shape index (κ3) is 8.32. The minimum absolute atomic E-state index is 0.587. The Balaban J connectivity index is 0.000000189. The highest BCUT2D eigenvalue weighted by molar-refractivity contribution is 5.81. The van der Waals surface area contributed by atoms with Crippen LogP contribution in [0.5, 0.6) is 0 Å². The number of anilines is 1. The topological polar surface area (TPSA) is 91.8 Å². The largest absolute Gasteiger partial charge is 0.382 e. The maximum absolute atomic E-state index is 10.4. The number of fused-ring (bicyclic) bond motifs is 1. The maximum atomic E-state index is 10.4. The molecule has 194 valence electrons. The number of nitrogens with one attached hydrogen (secondary N) is 1. The number of nitrogens with zero attached hydrogens (tertiary/aromatic N) is 2. The van der Waals surface area contributed by atoms with Crippen LogP contribution in [-0.2, 0) is 15.2 Å². The quantitative estimate of drug-likeness (QED) is 0.302. The SMILES string of the molecule is C=O.CN1CC(O)(c2ccccc2)C1.CONc1ccc(C=O)cc1C.Cc1cccc2cccnc12. The molecule has 5 rings (SSSR count). The van der Waals surface area contributed by atoms with E-state index in [9.17, 15) is 9.90 Å². The lowest BCUT2D eigenvalue weighted by Crippen LogP contribution is -2.57. The van der Waals surface area contributed by atoms with Crippen LogP contribution in [0.3, 0.4) is 0 Å². The Morgan fingerprint density at radius 3 is 2.22 bits per heavy atom. The van der Waals surface area contributed by atoms with Gasteiger partial charge in [0.1, 0.15) is 18.7 Å². The summed E-state index contributed by atoms with van der Waals surface area (Å²) < 4.78 is 0. The zero-order valence-corrected chi connectivity index (χ0v) is 21.8. The van der Waals surface area contributed by atoms with Gasteiger partial charge in [-0.2, -0.15) is 0 Å². The molecule has 1 aromatic heterocycles. The number of carbonyl (C=O) groups excluding carboxylic acids is 2. The van der Waals surface area contributed by atoms with Crippen LogP contribution in [0.4, 0.5) is 5.69 Å². The third-order valence-corrected chi connectivity index (χ3v) is 5.81. The number of β-amino-alcohol motifs (C(OH)–C–C–N with tert-alkyl or cyclic N) is 1. The van der Waals surface area contributed by atoms with Crippen molar-refractivity contribution in [3.05, 3.63) is 107 Å². The van der Waals surface area contributed by atoms with Crippen LogP contribution in [0.25, 0.3) is 10.9 Å². The van der Waals surface area contributed by atoms with Gasteiger partial charge in [0, 0.05) is 30.2 Å². The van der Waals surface area contributed by atoms with Crippen LogP contribution in [0.2, 0.25) is 0 Å². The van der Waals surface area contributed by atoms with Gasteiger partial charge in [-0.15, -0.1) is 0 Å². The first-order chi connectivity index (χ1) is 17.9. The second-order valence-corrected chi connectivity index (χ2v) is 8.72. The average molecular weight is 502 g/mol. The molecule has 37 heavy (non-hydrogen) atoms. The molecule has 0 amide bonds. The van der Waals surface area contributed by atoms with Gasteiger partial charge in [-0.3, -0.25) is 25.0 Å². The summed E-state index contributed by atoms with van der Waals surface area (Å²) in [5.41, 5.74) is 8.04. The maximum Gasteiger partial charge on any atom is 0.150 e. The molecule has 1 fully saturated rings. The average Bonchev–Trinajstić information content (AvgIpc) is 2.92. The van der Waals surface area contributed by atoms with Crippen molar-refractivity contribution in [1.29, 1.82) is 0 Å². The lowest BCUT2D eigenvalue weighted by molar-refractivity contribution is -0.0980. The van der Waals surface area contributed by atoms with Gasteiger partial charge in [0.25, 0.3) is 0 Å². The van der Waals surface area contributed by atoms with Crippen molar-refractivity contribution in [3.8, 4) is 0 Å². The highest BCUT2D eigenvalue weighted by Gasteiger charge is 2.40. The fourth-order valence-electron chi connectivity index (χ4n) is 4.02. The van der Waals surface area contributed by atoms with Crippen LogP contribution < -0.4 is 5.48 Å². The Morgan fingerprint density at radius 1 is 0.973 bits per heavy atom. The number of rotatable bonds is 4. The summed E-state index contributed by atoms with van der Waals surface area (Å²) in [7, 11) is 3.56. The van der Waals surface area contributed by atoms with Gasteiger partial charge < -0.3 is 9.90 Å². The number of pyridine rings is 1. The molecule has 3 aromatic carbocycles. The second kappa shape index (κ2) is 14.6. The first-order valence-corrected chi connectivity index (χ1v) is 11.8. The Hall–Kier alpha value is -3.91. The van der Waals surface area contributed by atoms with Crippen molar-refractivity contribution in [1.82, 2.24) is 9.88 Å². The van der Waals surface area contributed by atoms with Crippen LogP contribution in [0, 0.1) is 13.8 Å². The molecule has 0 bridgehead atoms. The Bertz CT molecular complexity index is 1250. The van der Waals surface area contributed by atoms with Gasteiger partial charge in [0.05, 0.1) is 18.3 Å². The predicted octanol–water partition coefficient (Wildman–Crippen LogP) is 4.96. The number of aliphatic hydroxyl groups is 1. The predicted molar refractivity (Wildman–Crippen MR) is 149 cm³/mol. The zero-order valence-electron chi connectivity index (χ0n) is 21.8. The highest BCUT2D eigenvalue weighted by atomic mass is 16.6. The number of hydrogen-bond acceptors (Lipinski definition) is 7. The van der Waals surface area contributed by atoms with Crippen molar-refractivity contribution >= 4 is 29.7 Å². The Morgan fingerprint density at radius 2 is 1.65 bits per heavy atom. The molecule has 1 saturated heterocycles. The third-order valence-electron chi connectivity index (χ3n) is 5.81. The van der Waals surface area contributed by atoms with Crippen molar-refractivity contribution < 1.29 is 19.5 Å². The van der Waals surface area contributed by atoms with Gasteiger partial charge >= 0.3 is 0 Å². The van der Waals surface area contributed by atoms with Crippen LogP contribution in [-0.4, -0.2) is 55.3 Å². The van der Waals surface area contributed by atoms with Gasteiger partial charge in [0.15, 0.2) is 0 Å². The van der Waals surface area contributed by atoms with Gasteiger partial charge in [-0.05, 0) is 61.9 Å². The number of likely N-dealkylation sites (N-methyl/N-ethyl adjacent to an activating group) is 1. The summed E-state index contributed by atoms with van der Waals surface area (Å²) in [4.78, 5) is 29.5. The number of aryl methyl sites for hydroxylation is 2. The molecule has 7 nitrogen and oxygen atoms in total. The fourth-order valence-corrected chi connectivity index (χ4v) is 4.02. The van der Waals surface area contributed by atoms with E-state index >= 15 is 0 Å². The molecular formula is C30H35N3O4. The molecule has 0 saturated carbocycles. The molecule has 0 aliphatic carbocycles. The second-order valence-electron chi connectivity index (χ2n) is 8.72. The molecule has 4 aromatic rings. The molecule has 0 unspecified atom stereocenters. The summed E-state index contributed by atoms with van der Waals surface area (Å²) in [5.74, 6) is 0. The van der Waals surface area contributed by atoms with Crippen molar-refractivity contribution in [2.24, 2.45) is 0 Å². The van der Waals surface area contributed by atoms with E-state index in [4.69, 9.17) is 9.63 Å². The summed E-state index contributed by atoms with van der Waals surface area (Å²) >= 11 is 0. The molecule has 0 spiro atoms. The number of aldehydes is 1. The lowest BCUT2D eigenvalue weighted by Gasteiger charge is -2.44. The summed E-state index contributed by atoms with van der Waals surface area (Å²) in [6.07, 6.45) is 2.65. The Kier molecular flexibility index (Phi) is 11.6. The van der Waals surface area contributed by atoms with Gasteiger partial charge in [-0.1, -0.05) is 54.6 Å². The number of benzene rings is 3. The number of carbonyl (C=O) groups is 2. The fraction of sp³-hybridized carbons (Fsp3) is 0.233. The molecule has 1 aliphatic rings. The smallest absolute Gasteiger partial charge is 0.150 e. The lowest BCUT2D eigenvalue weighted by atomic mass is 9.87. The van der Waals surface area contributed by atoms with Crippen LogP contribution in [0.15, 0.2) is 85.1 Å².